The van der Waals surface area contributed by atoms with E-state index in [1.165, 1.54) is 23.7 Å². The van der Waals surface area contributed by atoms with Crippen molar-refractivity contribution in [2.45, 2.75) is 70.8 Å². The van der Waals surface area contributed by atoms with E-state index < -0.39 is 11.8 Å². The normalized spacial score (nSPS) is 20.1. The molecule has 1 saturated carbocycles. The fourth-order valence-corrected chi connectivity index (χ4v) is 5.88. The summed E-state index contributed by atoms with van der Waals surface area (Å²) < 4.78 is 37.6. The number of carbonyl (C=O) groups excluding carboxylic acids is 2. The zero-order valence-electron chi connectivity index (χ0n) is 23.4. The number of thiazole rings is 1. The minimum absolute atomic E-state index is 0.0191. The molecule has 1 saturated heterocycles. The van der Waals surface area contributed by atoms with Crippen molar-refractivity contribution in [1.29, 1.82) is 0 Å². The lowest BCUT2D eigenvalue weighted by Gasteiger charge is -2.18. The van der Waals surface area contributed by atoms with Crippen molar-refractivity contribution < 1.29 is 27.8 Å². The average Bonchev–Trinajstić information content (AvgIpc) is 3.24. The number of ketones is 2. The Morgan fingerprint density at radius 3 is 2.54 bits per heavy atom. The molecule has 1 aliphatic heterocycles. The summed E-state index contributed by atoms with van der Waals surface area (Å²) >= 11 is 1.33. The van der Waals surface area contributed by atoms with Crippen LogP contribution in [0.2, 0.25) is 0 Å². The molecule has 2 fully saturated rings. The van der Waals surface area contributed by atoms with E-state index in [1.54, 1.807) is 0 Å². The van der Waals surface area contributed by atoms with Gasteiger partial charge < -0.3 is 14.4 Å². The van der Waals surface area contributed by atoms with Gasteiger partial charge >= 0.3 is 0 Å². The summed E-state index contributed by atoms with van der Waals surface area (Å²) in [5.74, 6) is -1.45. The number of ether oxygens (including phenoxy) is 2. The van der Waals surface area contributed by atoms with Crippen molar-refractivity contribution in [3.8, 4) is 11.5 Å². The van der Waals surface area contributed by atoms with Crippen LogP contribution in [0, 0.1) is 12.8 Å². The van der Waals surface area contributed by atoms with Gasteiger partial charge in [0.25, 0.3) is 5.92 Å². The summed E-state index contributed by atoms with van der Waals surface area (Å²) in [7, 11) is 0. The smallest absolute Gasteiger partial charge is 0.255 e. The maximum Gasteiger partial charge on any atom is 0.255 e. The monoisotopic (exact) mass is 584 g/mol. The third-order valence-electron chi connectivity index (χ3n) is 7.53. The first-order valence-electron chi connectivity index (χ1n) is 14.0. The first kappa shape index (κ1) is 29.0. The summed E-state index contributed by atoms with van der Waals surface area (Å²) in [6, 6.07) is 7.84. The van der Waals surface area contributed by atoms with Crippen LogP contribution < -0.4 is 14.4 Å². The van der Waals surface area contributed by atoms with Gasteiger partial charge in [-0.15, -0.1) is 11.3 Å². The Hall–Kier alpha value is -3.47. The number of alkyl halides is 2. The van der Waals surface area contributed by atoms with Crippen LogP contribution in [0.25, 0.3) is 0 Å². The SMILES string of the molecule is CCC(=O)Cc1nc(C)c(C(=O)C[C@@H](C)c2ccc(O[C@@H]3CCN(c4ncc(OCC5CC5(F)F)cn4)C3)cc2)s1. The quantitative estimate of drug-likeness (QED) is 0.232. The second-order valence-electron chi connectivity index (χ2n) is 10.9. The zero-order valence-corrected chi connectivity index (χ0v) is 24.3. The number of hydrogen-bond donors (Lipinski definition) is 0. The van der Waals surface area contributed by atoms with Gasteiger partial charge in [0.1, 0.15) is 22.6 Å². The second kappa shape index (κ2) is 12.2. The highest BCUT2D eigenvalue weighted by atomic mass is 32.1. The average molecular weight is 585 g/mol. The van der Waals surface area contributed by atoms with Gasteiger partial charge in [0.05, 0.1) is 48.5 Å². The van der Waals surface area contributed by atoms with E-state index in [4.69, 9.17) is 9.47 Å². The summed E-state index contributed by atoms with van der Waals surface area (Å²) in [5.41, 5.74) is 1.74. The molecule has 218 valence electrons. The number of benzene rings is 1. The van der Waals surface area contributed by atoms with Crippen LogP contribution >= 0.6 is 11.3 Å². The third kappa shape index (κ3) is 7.25. The van der Waals surface area contributed by atoms with Crippen LogP contribution in [0.3, 0.4) is 0 Å². The number of rotatable bonds is 13. The van der Waals surface area contributed by atoms with Crippen molar-refractivity contribution in [2.75, 3.05) is 24.6 Å². The molecular weight excluding hydrogens is 550 g/mol. The maximum absolute atomic E-state index is 13.0. The van der Waals surface area contributed by atoms with Crippen LogP contribution in [-0.2, 0) is 11.2 Å². The largest absolute Gasteiger partial charge is 0.490 e. The molecule has 1 aromatic carbocycles. The third-order valence-corrected chi connectivity index (χ3v) is 8.73. The van der Waals surface area contributed by atoms with Gasteiger partial charge in [-0.05, 0) is 30.5 Å². The highest BCUT2D eigenvalue weighted by Gasteiger charge is 2.57. The van der Waals surface area contributed by atoms with Gasteiger partial charge in [-0.2, -0.15) is 0 Å². The zero-order chi connectivity index (χ0) is 29.1. The first-order chi connectivity index (χ1) is 19.6. The summed E-state index contributed by atoms with van der Waals surface area (Å²) in [4.78, 5) is 40.5. The van der Waals surface area contributed by atoms with E-state index in [0.717, 1.165) is 24.3 Å². The van der Waals surface area contributed by atoms with Gasteiger partial charge in [-0.1, -0.05) is 26.0 Å². The van der Waals surface area contributed by atoms with Crippen LogP contribution in [-0.4, -0.2) is 58.2 Å². The Bertz CT molecular complexity index is 1380. The molecule has 3 heterocycles. The minimum Gasteiger partial charge on any atom is -0.490 e. The predicted molar refractivity (Wildman–Crippen MR) is 151 cm³/mol. The number of carbonyl (C=O) groups is 2. The van der Waals surface area contributed by atoms with E-state index in [2.05, 4.69) is 15.0 Å². The number of nitrogens with zero attached hydrogens (tertiary/aromatic N) is 4. The van der Waals surface area contributed by atoms with Crippen molar-refractivity contribution in [2.24, 2.45) is 5.92 Å². The topological polar surface area (TPSA) is 94.5 Å². The van der Waals surface area contributed by atoms with E-state index in [9.17, 15) is 18.4 Å². The Morgan fingerprint density at radius 1 is 1.17 bits per heavy atom. The molecule has 0 N–H and O–H groups in total. The second-order valence-corrected chi connectivity index (χ2v) is 11.9. The van der Waals surface area contributed by atoms with Crippen LogP contribution in [0.15, 0.2) is 36.7 Å². The summed E-state index contributed by atoms with van der Waals surface area (Å²) in [6.07, 6.45) is 4.80. The summed E-state index contributed by atoms with van der Waals surface area (Å²) in [6.45, 7) is 7.01. The van der Waals surface area contributed by atoms with Crippen LogP contribution in [0.1, 0.15) is 71.4 Å². The Balaban J connectivity index is 1.09. The molecule has 3 aromatic rings. The van der Waals surface area contributed by atoms with Gasteiger partial charge in [-0.3, -0.25) is 9.59 Å². The van der Waals surface area contributed by atoms with Crippen molar-refractivity contribution in [1.82, 2.24) is 15.0 Å². The fourth-order valence-electron chi connectivity index (χ4n) is 4.84. The highest BCUT2D eigenvalue weighted by Crippen LogP contribution is 2.48. The fraction of sp³-hybridized carbons (Fsp3) is 0.500. The molecule has 3 atom stereocenters. The van der Waals surface area contributed by atoms with Crippen molar-refractivity contribution in [3.05, 3.63) is 57.8 Å². The Labute approximate surface area is 242 Å². The number of Topliss-reactive ketones (excluding diaryl/α,β-unsaturated/α-hetero) is 2. The lowest BCUT2D eigenvalue weighted by atomic mass is 9.95. The lowest BCUT2D eigenvalue weighted by Crippen LogP contribution is -2.26. The van der Waals surface area contributed by atoms with Gasteiger partial charge in [0.2, 0.25) is 5.95 Å². The predicted octanol–water partition coefficient (Wildman–Crippen LogP) is 5.83. The highest BCUT2D eigenvalue weighted by molar-refractivity contribution is 7.14. The molecule has 0 spiro atoms. The van der Waals surface area contributed by atoms with Gasteiger partial charge in [-0.25, -0.2) is 23.7 Å². The molecule has 2 aromatic heterocycles. The maximum atomic E-state index is 13.0. The molecular formula is C30H34F2N4O4S. The lowest BCUT2D eigenvalue weighted by molar-refractivity contribution is -0.118. The molecule has 1 aliphatic carbocycles. The van der Waals surface area contributed by atoms with E-state index in [1.807, 2.05) is 49.9 Å². The Kier molecular flexibility index (Phi) is 8.63. The number of anilines is 1. The van der Waals surface area contributed by atoms with Crippen LogP contribution in [0.4, 0.5) is 14.7 Å². The minimum atomic E-state index is -2.60. The van der Waals surface area contributed by atoms with Gasteiger partial charge in [0.15, 0.2) is 11.5 Å². The Morgan fingerprint density at radius 2 is 1.88 bits per heavy atom. The first-order valence-corrected chi connectivity index (χ1v) is 14.8. The molecule has 0 bridgehead atoms. The molecule has 0 radical (unpaired) electrons. The molecule has 8 nitrogen and oxygen atoms in total. The van der Waals surface area contributed by atoms with E-state index in [-0.39, 0.29) is 43.0 Å². The number of aryl methyl sites for hydroxylation is 1. The number of hydrogen-bond acceptors (Lipinski definition) is 9. The van der Waals surface area contributed by atoms with Crippen LogP contribution in [0.5, 0.6) is 11.5 Å². The molecule has 0 amide bonds. The van der Waals surface area contributed by atoms with Crippen molar-refractivity contribution in [3.63, 3.8) is 0 Å². The van der Waals surface area contributed by atoms with Crippen molar-refractivity contribution >= 4 is 28.9 Å². The molecule has 5 rings (SSSR count). The molecule has 2 aliphatic rings. The standard InChI is InChI=1S/C30H34F2N4O4S/c1-4-22(37)12-27-35-19(3)28(41-27)26(38)11-18(2)20-5-7-23(8-6-20)40-24-9-10-36(16-24)29-33-14-25(15-34-29)39-17-21-13-30(21,31)32/h5-8,14-15,18,21,24H,4,9-13,16-17H2,1-3H3/t18-,21?,24-/m1/s1. The number of halogens is 2. The van der Waals surface area contributed by atoms with E-state index >= 15 is 0 Å². The van der Waals surface area contributed by atoms with Gasteiger partial charge in [0, 0.05) is 32.2 Å². The molecule has 1 unspecified atom stereocenters. The molecule has 41 heavy (non-hydrogen) atoms. The molecule has 11 heteroatoms. The number of aromatic nitrogens is 3. The van der Waals surface area contributed by atoms with E-state index in [0.29, 0.717) is 46.7 Å². The summed E-state index contributed by atoms with van der Waals surface area (Å²) in [5, 5.41) is 0.702.